The second kappa shape index (κ2) is 9.33. The fourth-order valence-electron chi connectivity index (χ4n) is 4.26. The lowest BCUT2D eigenvalue weighted by Gasteiger charge is -2.37. The molecule has 1 aromatic rings. The zero-order valence-corrected chi connectivity index (χ0v) is 18.6. The van der Waals surface area contributed by atoms with E-state index in [1.165, 1.54) is 10.7 Å². The van der Waals surface area contributed by atoms with Gasteiger partial charge in [0, 0.05) is 26.2 Å². The highest BCUT2D eigenvalue weighted by Crippen LogP contribution is 2.28. The number of amides is 1. The maximum atomic E-state index is 13.0. The van der Waals surface area contributed by atoms with E-state index in [1.54, 1.807) is 18.2 Å². The van der Waals surface area contributed by atoms with Crippen molar-refractivity contribution in [3.63, 3.8) is 0 Å². The first-order valence-corrected chi connectivity index (χ1v) is 12.3. The average Bonchev–Trinajstić information content (AvgIpc) is 2.70. The highest BCUT2D eigenvalue weighted by molar-refractivity contribution is 7.88. The number of nitrogens with zero attached hydrogens (tertiary/aromatic N) is 2. The van der Waals surface area contributed by atoms with E-state index in [-0.39, 0.29) is 24.1 Å². The van der Waals surface area contributed by atoms with Crippen LogP contribution in [0.2, 0.25) is 10.0 Å². The molecule has 1 aliphatic carbocycles. The lowest BCUT2D eigenvalue weighted by Crippen LogP contribution is -2.48. The van der Waals surface area contributed by atoms with E-state index in [0.29, 0.717) is 34.6 Å². The Balaban J connectivity index is 1.65. The SMILES string of the molecule is CN(C(=O)[C@H]1CCCN(S(=O)(=O)Cc2ccc(Cl)c(Cl)c2)C1)C1CCCCC1. The van der Waals surface area contributed by atoms with Gasteiger partial charge in [-0.2, -0.15) is 0 Å². The van der Waals surface area contributed by atoms with Crippen molar-refractivity contribution in [2.45, 2.75) is 56.7 Å². The molecule has 1 aromatic carbocycles. The molecule has 1 aliphatic heterocycles. The lowest BCUT2D eigenvalue weighted by molar-refractivity contribution is -0.138. The van der Waals surface area contributed by atoms with E-state index in [2.05, 4.69) is 0 Å². The first-order valence-electron chi connectivity index (χ1n) is 9.96. The van der Waals surface area contributed by atoms with Crippen molar-refractivity contribution in [1.82, 2.24) is 9.21 Å². The number of rotatable bonds is 5. The highest BCUT2D eigenvalue weighted by atomic mass is 35.5. The molecule has 0 N–H and O–H groups in total. The van der Waals surface area contributed by atoms with Gasteiger partial charge < -0.3 is 4.90 Å². The zero-order chi connectivity index (χ0) is 20.3. The molecule has 28 heavy (non-hydrogen) atoms. The molecule has 0 spiro atoms. The van der Waals surface area contributed by atoms with Gasteiger partial charge in [-0.1, -0.05) is 48.5 Å². The zero-order valence-electron chi connectivity index (χ0n) is 16.2. The van der Waals surface area contributed by atoms with E-state index in [0.717, 1.165) is 32.1 Å². The number of benzene rings is 1. The summed E-state index contributed by atoms with van der Waals surface area (Å²) in [5.74, 6) is -0.311. The van der Waals surface area contributed by atoms with Crippen LogP contribution in [0, 0.1) is 5.92 Å². The summed E-state index contributed by atoms with van der Waals surface area (Å²) in [5.41, 5.74) is 0.599. The summed E-state index contributed by atoms with van der Waals surface area (Å²) >= 11 is 11.9. The highest BCUT2D eigenvalue weighted by Gasteiger charge is 2.35. The number of halogens is 2. The number of hydrogen-bond donors (Lipinski definition) is 0. The summed E-state index contributed by atoms with van der Waals surface area (Å²) in [7, 11) is -1.65. The number of sulfonamides is 1. The first-order chi connectivity index (χ1) is 13.3. The van der Waals surface area contributed by atoms with E-state index in [4.69, 9.17) is 23.2 Å². The molecular weight excluding hydrogens is 419 g/mol. The van der Waals surface area contributed by atoms with Gasteiger partial charge in [-0.05, 0) is 43.4 Å². The van der Waals surface area contributed by atoms with Gasteiger partial charge in [-0.3, -0.25) is 4.79 Å². The molecule has 8 heteroatoms. The molecule has 0 unspecified atom stereocenters. The van der Waals surface area contributed by atoms with Gasteiger partial charge in [0.25, 0.3) is 0 Å². The van der Waals surface area contributed by atoms with E-state index >= 15 is 0 Å². The molecule has 1 atom stereocenters. The fraction of sp³-hybridized carbons (Fsp3) is 0.650. The monoisotopic (exact) mass is 446 g/mol. The summed E-state index contributed by atoms with van der Waals surface area (Å²) in [4.78, 5) is 14.9. The van der Waals surface area contributed by atoms with Crippen LogP contribution in [0.1, 0.15) is 50.5 Å². The Morgan fingerprint density at radius 3 is 2.50 bits per heavy atom. The molecule has 0 radical (unpaired) electrons. The molecule has 2 fully saturated rings. The molecule has 156 valence electrons. The molecule has 1 amide bonds. The lowest BCUT2D eigenvalue weighted by atomic mass is 9.92. The van der Waals surface area contributed by atoms with Crippen LogP contribution in [-0.4, -0.2) is 49.7 Å². The van der Waals surface area contributed by atoms with Crippen molar-refractivity contribution in [1.29, 1.82) is 0 Å². The van der Waals surface area contributed by atoms with Gasteiger partial charge in [0.2, 0.25) is 15.9 Å². The second-order valence-electron chi connectivity index (χ2n) is 7.94. The van der Waals surface area contributed by atoms with Crippen molar-refractivity contribution >= 4 is 39.1 Å². The molecule has 0 aromatic heterocycles. The molecule has 2 aliphatic rings. The Morgan fingerprint density at radius 1 is 1.11 bits per heavy atom. The summed E-state index contributed by atoms with van der Waals surface area (Å²) in [6.45, 7) is 0.722. The normalized spacial score (nSPS) is 22.2. The Kier molecular flexibility index (Phi) is 7.29. The van der Waals surface area contributed by atoms with Crippen LogP contribution in [0.4, 0.5) is 0 Å². The molecule has 1 saturated heterocycles. The fourth-order valence-corrected chi connectivity index (χ4v) is 6.18. The van der Waals surface area contributed by atoms with Crippen LogP contribution in [0.3, 0.4) is 0 Å². The number of hydrogen-bond acceptors (Lipinski definition) is 3. The van der Waals surface area contributed by atoms with Crippen LogP contribution in [0.15, 0.2) is 18.2 Å². The summed E-state index contributed by atoms with van der Waals surface area (Å²) < 4.78 is 27.3. The molecular formula is C20H28Cl2N2O3S. The number of carbonyl (C=O) groups is 1. The van der Waals surface area contributed by atoms with Crippen molar-refractivity contribution < 1.29 is 13.2 Å². The minimum Gasteiger partial charge on any atom is -0.342 e. The third kappa shape index (κ3) is 5.21. The predicted molar refractivity (Wildman–Crippen MR) is 113 cm³/mol. The maximum absolute atomic E-state index is 13.0. The summed E-state index contributed by atoms with van der Waals surface area (Å²) in [5, 5.41) is 0.743. The van der Waals surface area contributed by atoms with Crippen LogP contribution in [-0.2, 0) is 20.6 Å². The quantitative estimate of drug-likeness (QED) is 0.675. The van der Waals surface area contributed by atoms with Gasteiger partial charge in [0.15, 0.2) is 0 Å². The van der Waals surface area contributed by atoms with Gasteiger partial charge in [0.1, 0.15) is 0 Å². The number of carbonyl (C=O) groups excluding carboxylic acids is 1. The molecule has 1 saturated carbocycles. The largest absolute Gasteiger partial charge is 0.342 e. The molecule has 5 nitrogen and oxygen atoms in total. The predicted octanol–water partition coefficient (Wildman–Crippen LogP) is 4.33. The third-order valence-corrected chi connectivity index (χ3v) is 8.49. The van der Waals surface area contributed by atoms with Crippen LogP contribution >= 0.6 is 23.2 Å². The van der Waals surface area contributed by atoms with Crippen molar-refractivity contribution in [2.75, 3.05) is 20.1 Å². The smallest absolute Gasteiger partial charge is 0.227 e. The van der Waals surface area contributed by atoms with Gasteiger partial charge in [-0.25, -0.2) is 12.7 Å². The van der Waals surface area contributed by atoms with Gasteiger partial charge in [-0.15, -0.1) is 0 Å². The minimum atomic E-state index is -3.52. The molecule has 0 bridgehead atoms. The Bertz CT molecular complexity index is 810. The molecule has 3 rings (SSSR count). The topological polar surface area (TPSA) is 57.7 Å². The standard InChI is InChI=1S/C20H28Cl2N2O3S/c1-23(17-7-3-2-4-8-17)20(25)16-6-5-11-24(13-16)28(26,27)14-15-9-10-18(21)19(22)12-15/h9-10,12,16-17H,2-8,11,13-14H2,1H3/t16-/m0/s1. The first kappa shape index (κ1) is 21.9. The second-order valence-corrected chi connectivity index (χ2v) is 10.7. The average molecular weight is 447 g/mol. The van der Waals surface area contributed by atoms with E-state index in [1.807, 2.05) is 11.9 Å². The molecule has 1 heterocycles. The van der Waals surface area contributed by atoms with Crippen molar-refractivity contribution in [3.8, 4) is 0 Å². The van der Waals surface area contributed by atoms with Crippen LogP contribution in [0.5, 0.6) is 0 Å². The minimum absolute atomic E-state index is 0.0846. The Morgan fingerprint density at radius 2 is 1.82 bits per heavy atom. The van der Waals surface area contributed by atoms with Crippen LogP contribution in [0.25, 0.3) is 0 Å². The van der Waals surface area contributed by atoms with Crippen molar-refractivity contribution in [3.05, 3.63) is 33.8 Å². The maximum Gasteiger partial charge on any atom is 0.227 e. The van der Waals surface area contributed by atoms with Gasteiger partial charge >= 0.3 is 0 Å². The van der Waals surface area contributed by atoms with Crippen LogP contribution < -0.4 is 0 Å². The van der Waals surface area contributed by atoms with Crippen molar-refractivity contribution in [2.24, 2.45) is 5.92 Å². The Labute approximate surface area is 178 Å². The van der Waals surface area contributed by atoms with Gasteiger partial charge in [0.05, 0.1) is 21.7 Å². The Hall–Kier alpha value is -0.820. The summed E-state index contributed by atoms with van der Waals surface area (Å²) in [6, 6.07) is 5.17. The third-order valence-electron chi connectivity index (χ3n) is 5.93. The van der Waals surface area contributed by atoms with E-state index in [9.17, 15) is 13.2 Å². The number of piperidine rings is 1. The summed E-state index contributed by atoms with van der Waals surface area (Å²) in [6.07, 6.45) is 7.11. The van der Waals surface area contributed by atoms with E-state index < -0.39 is 10.0 Å².